The molecule has 0 aliphatic carbocycles. The van der Waals surface area contributed by atoms with Crippen LogP contribution in [0.3, 0.4) is 0 Å². The Hall–Kier alpha value is -0.380. The fourth-order valence-electron chi connectivity index (χ4n) is 3.96. The summed E-state index contributed by atoms with van der Waals surface area (Å²) in [7, 11) is -3.62. The largest absolute Gasteiger partial charge is 0.481 e. The Morgan fingerprint density at radius 2 is 0.879 bits per heavy atom. The molecule has 0 aliphatic heterocycles. The fourth-order valence-corrected chi connectivity index (χ4v) is 5.52. The van der Waals surface area contributed by atoms with Crippen LogP contribution < -0.4 is 0 Å². The van der Waals surface area contributed by atoms with Crippen molar-refractivity contribution in [3.05, 3.63) is 0 Å². The highest BCUT2D eigenvalue weighted by Crippen LogP contribution is 2.53. The van der Waals surface area contributed by atoms with Crippen LogP contribution in [0.2, 0.25) is 0 Å². The molecule has 0 aromatic rings. The maximum Gasteiger partial charge on any atom is 0.344 e. The zero-order chi connectivity index (χ0) is 24.6. The van der Waals surface area contributed by atoms with Gasteiger partial charge in [-0.25, -0.2) is 0 Å². The first-order valence-corrected chi connectivity index (χ1v) is 15.7. The van der Waals surface area contributed by atoms with Crippen LogP contribution in [-0.2, 0) is 18.4 Å². The van der Waals surface area contributed by atoms with Gasteiger partial charge in [0.15, 0.2) is 5.66 Å². The lowest BCUT2D eigenvalue weighted by Gasteiger charge is -2.22. The molecule has 1 N–H and O–H groups in total. The molecule has 0 saturated carbocycles. The van der Waals surface area contributed by atoms with Gasteiger partial charge in [0.1, 0.15) is 0 Å². The number of rotatable bonds is 26. The molecule has 1 unspecified atom stereocenters. The van der Waals surface area contributed by atoms with Crippen LogP contribution in [0.15, 0.2) is 0 Å². The van der Waals surface area contributed by atoms with E-state index in [1.165, 1.54) is 96.8 Å². The minimum atomic E-state index is -3.62. The van der Waals surface area contributed by atoms with Crippen molar-refractivity contribution in [2.75, 3.05) is 13.2 Å². The predicted molar refractivity (Wildman–Crippen MR) is 140 cm³/mol. The van der Waals surface area contributed by atoms with Gasteiger partial charge in [-0.15, -0.1) is 0 Å². The predicted octanol–water partition coefficient (Wildman–Crippen LogP) is 9.53. The molecular weight excluding hydrogens is 435 g/mol. The monoisotopic (exact) mass is 490 g/mol. The fraction of sp³-hybridized carbons (Fsp3) is 0.963. The van der Waals surface area contributed by atoms with Crippen LogP contribution in [0.5, 0.6) is 0 Å². The summed E-state index contributed by atoms with van der Waals surface area (Å²) in [4.78, 5) is 11.4. The highest BCUT2D eigenvalue weighted by atomic mass is 31.2. The molecule has 0 heterocycles. The third-order valence-electron chi connectivity index (χ3n) is 6.37. The SMILES string of the molecule is CCCCCCCCCCCCOP(=O)(OCCCCCCCCCCCC)C(C)C(=O)O. The van der Waals surface area contributed by atoms with Crippen LogP contribution in [0.4, 0.5) is 0 Å². The van der Waals surface area contributed by atoms with Crippen molar-refractivity contribution in [3.8, 4) is 0 Å². The molecule has 0 fully saturated rings. The van der Waals surface area contributed by atoms with E-state index in [9.17, 15) is 14.5 Å². The van der Waals surface area contributed by atoms with Crippen molar-refractivity contribution in [2.24, 2.45) is 0 Å². The smallest absolute Gasteiger partial charge is 0.344 e. The van der Waals surface area contributed by atoms with E-state index >= 15 is 0 Å². The Bertz CT molecular complexity index is 453. The second-order valence-electron chi connectivity index (χ2n) is 9.58. The summed E-state index contributed by atoms with van der Waals surface area (Å²) in [6.07, 6.45) is 24.2. The van der Waals surface area contributed by atoms with Crippen molar-refractivity contribution in [3.63, 3.8) is 0 Å². The quantitative estimate of drug-likeness (QED) is 0.0965. The van der Waals surface area contributed by atoms with Crippen LogP contribution in [0, 0.1) is 0 Å². The maximum atomic E-state index is 13.1. The van der Waals surface area contributed by atoms with Gasteiger partial charge >= 0.3 is 13.6 Å². The van der Waals surface area contributed by atoms with Gasteiger partial charge in [-0.05, 0) is 19.8 Å². The number of hydrogen-bond donors (Lipinski definition) is 1. The van der Waals surface area contributed by atoms with Gasteiger partial charge in [-0.2, -0.15) is 0 Å². The highest BCUT2D eigenvalue weighted by Gasteiger charge is 2.37. The van der Waals surface area contributed by atoms with Crippen LogP contribution in [-0.4, -0.2) is 29.9 Å². The van der Waals surface area contributed by atoms with Crippen LogP contribution in [0.1, 0.15) is 149 Å². The van der Waals surface area contributed by atoms with E-state index in [2.05, 4.69) is 13.8 Å². The average molecular weight is 491 g/mol. The Morgan fingerprint density at radius 3 is 1.15 bits per heavy atom. The van der Waals surface area contributed by atoms with E-state index in [1.54, 1.807) is 0 Å². The van der Waals surface area contributed by atoms with Gasteiger partial charge in [-0.3, -0.25) is 9.36 Å². The Kier molecular flexibility index (Phi) is 23.1. The van der Waals surface area contributed by atoms with Gasteiger partial charge in [0.05, 0.1) is 13.2 Å². The summed E-state index contributed by atoms with van der Waals surface area (Å²) in [5, 5.41) is 9.34. The van der Waals surface area contributed by atoms with Crippen molar-refractivity contribution >= 4 is 13.6 Å². The molecule has 198 valence electrons. The minimum Gasteiger partial charge on any atom is -0.481 e. The topological polar surface area (TPSA) is 72.8 Å². The minimum absolute atomic E-state index is 0.309. The Balaban J connectivity index is 3.91. The van der Waals surface area contributed by atoms with Crippen molar-refractivity contribution in [1.29, 1.82) is 0 Å². The second-order valence-corrected chi connectivity index (χ2v) is 12.0. The second kappa shape index (κ2) is 23.4. The standard InChI is InChI=1S/C27H55O5P/c1-4-6-8-10-12-14-16-18-20-22-24-31-33(30,26(3)27(28)29)32-25-23-21-19-17-15-13-11-9-7-5-2/h26H,4-25H2,1-3H3,(H,28,29). The van der Waals surface area contributed by atoms with E-state index in [0.29, 0.717) is 13.2 Å². The molecule has 0 rings (SSSR count). The zero-order valence-corrected chi connectivity index (χ0v) is 23.1. The van der Waals surface area contributed by atoms with E-state index in [-0.39, 0.29) is 0 Å². The highest BCUT2D eigenvalue weighted by molar-refractivity contribution is 7.55. The molecule has 1 atom stereocenters. The number of hydrogen-bond acceptors (Lipinski definition) is 4. The Morgan fingerprint density at radius 1 is 0.606 bits per heavy atom. The van der Waals surface area contributed by atoms with Crippen LogP contribution >= 0.6 is 7.60 Å². The third kappa shape index (κ3) is 19.6. The number of carbonyl (C=O) groups is 1. The van der Waals surface area contributed by atoms with Gasteiger partial charge in [-0.1, -0.05) is 129 Å². The first-order chi connectivity index (χ1) is 16.0. The summed E-state index contributed by atoms with van der Waals surface area (Å²) in [6.45, 7) is 6.52. The molecule has 0 aromatic carbocycles. The van der Waals surface area contributed by atoms with E-state index < -0.39 is 19.2 Å². The normalized spacial score (nSPS) is 12.8. The summed E-state index contributed by atoms with van der Waals surface area (Å²) in [6, 6.07) is 0. The molecule has 0 aliphatic rings. The molecule has 0 aromatic heterocycles. The zero-order valence-electron chi connectivity index (χ0n) is 22.2. The summed E-state index contributed by atoms with van der Waals surface area (Å²) < 4.78 is 24.2. The first kappa shape index (κ1) is 32.6. The number of carboxylic acids is 1. The van der Waals surface area contributed by atoms with Crippen molar-refractivity contribution in [2.45, 2.75) is 155 Å². The average Bonchev–Trinajstić information content (AvgIpc) is 2.80. The van der Waals surface area contributed by atoms with Gasteiger partial charge < -0.3 is 14.2 Å². The lowest BCUT2D eigenvalue weighted by molar-refractivity contribution is -0.136. The summed E-state index contributed by atoms with van der Waals surface area (Å²) in [5.74, 6) is -1.12. The third-order valence-corrected chi connectivity index (χ3v) is 8.62. The summed E-state index contributed by atoms with van der Waals surface area (Å²) >= 11 is 0. The maximum absolute atomic E-state index is 13.1. The molecule has 33 heavy (non-hydrogen) atoms. The van der Waals surface area contributed by atoms with Crippen molar-refractivity contribution < 1.29 is 23.5 Å². The molecule has 0 spiro atoms. The van der Waals surface area contributed by atoms with E-state index in [4.69, 9.17) is 9.05 Å². The molecule has 5 nitrogen and oxygen atoms in total. The number of carboxylic acid groups (broad SMARTS) is 1. The van der Waals surface area contributed by atoms with E-state index in [0.717, 1.165) is 38.5 Å². The molecule has 0 bridgehead atoms. The van der Waals surface area contributed by atoms with E-state index in [1.807, 2.05) is 0 Å². The molecular formula is C27H55O5P. The molecule has 0 saturated heterocycles. The number of unbranched alkanes of at least 4 members (excludes halogenated alkanes) is 18. The summed E-state index contributed by atoms with van der Waals surface area (Å²) in [5.41, 5.74) is -1.12. The van der Waals surface area contributed by atoms with Crippen LogP contribution in [0.25, 0.3) is 0 Å². The molecule has 0 radical (unpaired) electrons. The van der Waals surface area contributed by atoms with Gasteiger partial charge in [0.25, 0.3) is 0 Å². The van der Waals surface area contributed by atoms with Gasteiger partial charge in [0, 0.05) is 0 Å². The molecule has 6 heteroatoms. The lowest BCUT2D eigenvalue weighted by atomic mass is 10.1. The van der Waals surface area contributed by atoms with Gasteiger partial charge in [0.2, 0.25) is 0 Å². The van der Waals surface area contributed by atoms with Crippen molar-refractivity contribution in [1.82, 2.24) is 0 Å². The molecule has 0 amide bonds. The number of aliphatic carboxylic acids is 1. The Labute approximate surface area is 205 Å². The first-order valence-electron chi connectivity index (χ1n) is 14.1. The lowest BCUT2D eigenvalue weighted by Crippen LogP contribution is -2.20.